The van der Waals surface area contributed by atoms with Gasteiger partial charge in [0.1, 0.15) is 5.75 Å². The molecule has 0 saturated carbocycles. The Bertz CT molecular complexity index is 1540. The lowest BCUT2D eigenvalue weighted by atomic mass is 9.91. The van der Waals surface area contributed by atoms with Gasteiger partial charge < -0.3 is 19.2 Å². The van der Waals surface area contributed by atoms with Gasteiger partial charge >= 0.3 is 5.97 Å². The second-order valence-electron chi connectivity index (χ2n) is 14.2. The van der Waals surface area contributed by atoms with E-state index >= 15 is 0 Å². The number of aliphatic hydroxyl groups is 1. The van der Waals surface area contributed by atoms with Crippen molar-refractivity contribution in [3.05, 3.63) is 101 Å². The monoisotopic (exact) mass is 641 g/mol. The van der Waals surface area contributed by atoms with Gasteiger partial charge in [-0.1, -0.05) is 83.2 Å². The second kappa shape index (κ2) is 14.8. The first-order valence-corrected chi connectivity index (χ1v) is 19.4. The molecule has 1 heterocycles. The lowest BCUT2D eigenvalue weighted by Gasteiger charge is -2.36. The third-order valence-electron chi connectivity index (χ3n) is 9.49. The van der Waals surface area contributed by atoms with E-state index in [0.717, 1.165) is 47.3 Å². The number of nitrogens with zero attached hydrogens (tertiary/aromatic N) is 1. The molecule has 0 radical (unpaired) electrons. The van der Waals surface area contributed by atoms with E-state index in [-0.39, 0.29) is 23.0 Å². The van der Waals surface area contributed by atoms with Crippen LogP contribution in [0.1, 0.15) is 93.0 Å². The fourth-order valence-electron chi connectivity index (χ4n) is 5.65. The van der Waals surface area contributed by atoms with Gasteiger partial charge in [-0.05, 0) is 101 Å². The number of amides is 1. The molecule has 1 fully saturated rings. The zero-order chi connectivity index (χ0) is 33.6. The summed E-state index contributed by atoms with van der Waals surface area (Å²) in [6, 6.07) is 21.9. The molecular weight excluding hydrogens is 591 g/mol. The molecule has 0 aromatic heterocycles. The zero-order valence-corrected chi connectivity index (χ0v) is 29.8. The molecule has 0 bridgehead atoms. The fourth-order valence-corrected chi connectivity index (χ4v) is 6.68. The van der Waals surface area contributed by atoms with Gasteiger partial charge in [0.15, 0.2) is 0 Å². The van der Waals surface area contributed by atoms with E-state index in [1.54, 1.807) is 12.1 Å². The molecule has 6 nitrogen and oxygen atoms in total. The number of hydrogen-bond acceptors (Lipinski definition) is 5. The Labute approximate surface area is 276 Å². The number of carbonyl (C=O) groups excluding carboxylic acids is 2. The molecule has 46 heavy (non-hydrogen) atoms. The lowest BCUT2D eigenvalue weighted by Crippen LogP contribution is -2.43. The maximum Gasteiger partial charge on any atom is 0.337 e. The van der Waals surface area contributed by atoms with Crippen LogP contribution in [0, 0.1) is 0 Å². The first-order valence-electron chi connectivity index (χ1n) is 16.5. The highest BCUT2D eigenvalue weighted by molar-refractivity contribution is 6.74. The van der Waals surface area contributed by atoms with E-state index in [4.69, 9.17) is 9.16 Å². The highest BCUT2D eigenvalue weighted by Crippen LogP contribution is 2.39. The number of methoxy groups -OCH3 is 1. The third kappa shape index (κ3) is 8.56. The molecule has 0 aliphatic carbocycles. The molecule has 7 heteroatoms. The topological polar surface area (TPSA) is 76.1 Å². The number of aliphatic hydroxyl groups excluding tert-OH is 1. The average molecular weight is 642 g/mol. The fraction of sp³-hybridized carbons (Fsp3) is 0.436. The highest BCUT2D eigenvalue weighted by Gasteiger charge is 2.39. The van der Waals surface area contributed by atoms with Gasteiger partial charge in [-0.2, -0.15) is 0 Å². The summed E-state index contributed by atoms with van der Waals surface area (Å²) in [5.74, 6) is 1.02. The van der Waals surface area contributed by atoms with Gasteiger partial charge in [0.2, 0.25) is 14.2 Å². The summed E-state index contributed by atoms with van der Waals surface area (Å²) in [5, 5.41) is 11.3. The summed E-state index contributed by atoms with van der Waals surface area (Å²) >= 11 is 0. The van der Waals surface area contributed by atoms with E-state index in [9.17, 15) is 14.7 Å². The molecule has 1 N–H and O–H groups in total. The molecule has 1 aliphatic heterocycles. The summed E-state index contributed by atoms with van der Waals surface area (Å²) in [6.45, 7) is 16.3. The standard InChI is InChI=1S/C39H51NO5Si/c1-27(2)35-26-33(45-46(7,8)39(3,4)5)20-21-34(35)30-12-9-13-31(25-30)36(41)22-18-32-19-23-37(42)40(32)24-10-11-28-14-16-29(17-15-28)38(43)44-6/h9,12-18,20-22,25-27,32,36,41H,10-11,19,23-24H2,1-8H3/b22-18+/t32-,36?/m0/s1. The van der Waals surface area contributed by atoms with Gasteiger partial charge in [0.25, 0.3) is 0 Å². The Morgan fingerprint density at radius 1 is 1.07 bits per heavy atom. The zero-order valence-electron chi connectivity index (χ0n) is 28.8. The molecule has 0 spiro atoms. The SMILES string of the molecule is COC(=O)c1ccc(CCCN2C(=O)CC[C@@H]2/C=C/C(O)c2cccc(-c3ccc(O[Si](C)(C)C(C)(C)C)cc3C(C)C)c2)cc1. The van der Waals surface area contributed by atoms with Crippen LogP contribution in [-0.2, 0) is 16.0 Å². The van der Waals surface area contributed by atoms with E-state index in [2.05, 4.69) is 78.0 Å². The number of benzene rings is 3. The molecule has 1 aliphatic rings. The molecule has 1 saturated heterocycles. The van der Waals surface area contributed by atoms with Crippen LogP contribution >= 0.6 is 0 Å². The Morgan fingerprint density at radius 3 is 2.43 bits per heavy atom. The van der Waals surface area contributed by atoms with E-state index in [1.165, 1.54) is 12.7 Å². The Hall–Kier alpha value is -3.68. The number of likely N-dealkylation sites (tertiary alicyclic amines) is 1. The molecule has 3 aromatic carbocycles. The number of aryl methyl sites for hydroxylation is 1. The lowest BCUT2D eigenvalue weighted by molar-refractivity contribution is -0.128. The molecule has 1 amide bonds. The number of carbonyl (C=O) groups is 2. The quantitative estimate of drug-likeness (QED) is 0.121. The van der Waals surface area contributed by atoms with Gasteiger partial charge in [0.05, 0.1) is 24.8 Å². The van der Waals surface area contributed by atoms with Crippen molar-refractivity contribution in [3.63, 3.8) is 0 Å². The van der Waals surface area contributed by atoms with Gasteiger partial charge in [-0.3, -0.25) is 4.79 Å². The Morgan fingerprint density at radius 2 is 1.78 bits per heavy atom. The van der Waals surface area contributed by atoms with Crippen LogP contribution in [0.4, 0.5) is 0 Å². The van der Waals surface area contributed by atoms with Crippen molar-refractivity contribution in [1.82, 2.24) is 4.90 Å². The molecule has 4 rings (SSSR count). The number of ether oxygens (including phenoxy) is 1. The van der Waals surface area contributed by atoms with Crippen molar-refractivity contribution in [1.29, 1.82) is 0 Å². The van der Waals surface area contributed by atoms with Gasteiger partial charge in [-0.25, -0.2) is 4.79 Å². The van der Waals surface area contributed by atoms with E-state index < -0.39 is 14.4 Å². The van der Waals surface area contributed by atoms with E-state index in [1.807, 2.05) is 41.3 Å². The number of rotatable bonds is 12. The highest BCUT2D eigenvalue weighted by atomic mass is 28.4. The summed E-state index contributed by atoms with van der Waals surface area (Å²) in [4.78, 5) is 26.3. The maximum atomic E-state index is 12.7. The van der Waals surface area contributed by atoms with Gasteiger partial charge in [-0.15, -0.1) is 0 Å². The summed E-state index contributed by atoms with van der Waals surface area (Å²) in [7, 11) is -0.589. The second-order valence-corrected chi connectivity index (χ2v) is 18.9. The van der Waals surface area contributed by atoms with Crippen LogP contribution in [0.15, 0.2) is 78.9 Å². The van der Waals surface area contributed by atoms with Crippen LogP contribution in [0.2, 0.25) is 18.1 Å². The molecule has 2 atom stereocenters. The van der Waals surface area contributed by atoms with Crippen molar-refractivity contribution in [2.24, 2.45) is 0 Å². The predicted octanol–water partition coefficient (Wildman–Crippen LogP) is 8.86. The number of esters is 1. The molecule has 246 valence electrons. The van der Waals surface area contributed by atoms with Gasteiger partial charge in [0, 0.05) is 13.0 Å². The largest absolute Gasteiger partial charge is 0.543 e. The van der Waals surface area contributed by atoms with E-state index in [0.29, 0.717) is 24.4 Å². The smallest absolute Gasteiger partial charge is 0.337 e. The Balaban J connectivity index is 1.43. The van der Waals surface area contributed by atoms with Crippen LogP contribution in [-0.4, -0.2) is 49.9 Å². The molecule has 1 unspecified atom stereocenters. The van der Waals surface area contributed by atoms with Crippen LogP contribution in [0.5, 0.6) is 5.75 Å². The molecule has 3 aromatic rings. The normalized spacial score (nSPS) is 16.3. The number of hydrogen-bond donors (Lipinski definition) is 1. The van der Waals surface area contributed by atoms with Crippen LogP contribution in [0.3, 0.4) is 0 Å². The summed E-state index contributed by atoms with van der Waals surface area (Å²) in [6.07, 6.45) is 5.91. The minimum Gasteiger partial charge on any atom is -0.543 e. The van der Waals surface area contributed by atoms with Crippen molar-refractivity contribution < 1.29 is 23.9 Å². The maximum absolute atomic E-state index is 12.7. The third-order valence-corrected chi connectivity index (χ3v) is 13.9. The first kappa shape index (κ1) is 35.2. The van der Waals surface area contributed by atoms with Crippen LogP contribution < -0.4 is 4.43 Å². The minimum absolute atomic E-state index is 0.0342. The van der Waals surface area contributed by atoms with Crippen molar-refractivity contribution in [3.8, 4) is 16.9 Å². The average Bonchev–Trinajstić information content (AvgIpc) is 3.37. The summed E-state index contributed by atoms with van der Waals surface area (Å²) in [5.41, 5.74) is 5.88. The first-order chi connectivity index (χ1) is 21.7. The van der Waals surface area contributed by atoms with Crippen LogP contribution in [0.25, 0.3) is 11.1 Å². The van der Waals surface area contributed by atoms with Crippen molar-refractivity contribution >= 4 is 20.2 Å². The van der Waals surface area contributed by atoms with Crippen molar-refractivity contribution in [2.75, 3.05) is 13.7 Å². The Kier molecular flexibility index (Phi) is 11.3. The molecular formula is C39H51NO5Si. The summed E-state index contributed by atoms with van der Waals surface area (Å²) < 4.78 is 11.4. The minimum atomic E-state index is -1.96. The van der Waals surface area contributed by atoms with Crippen molar-refractivity contribution in [2.45, 2.75) is 96.5 Å². The predicted molar refractivity (Wildman–Crippen MR) is 189 cm³/mol.